The molecule has 1 unspecified atom stereocenters. The Kier molecular flexibility index (Phi) is 4.60. The molecule has 5 heteroatoms. The van der Waals surface area contributed by atoms with Gasteiger partial charge in [-0.2, -0.15) is 8.42 Å². The molecule has 0 heterocycles. The Morgan fingerprint density at radius 3 is 1.34 bits per heavy atom. The van der Waals surface area contributed by atoms with Crippen LogP contribution in [-0.2, 0) is 10.1 Å². The topological polar surface area (TPSA) is 54.4 Å². The number of hydrogen-bond donors (Lipinski definition) is 1. The van der Waals surface area contributed by atoms with E-state index in [1.54, 1.807) is 0 Å². The minimum absolute atomic E-state index is 0.0232. The summed E-state index contributed by atoms with van der Waals surface area (Å²) in [4.78, 5) is 0. The SMILES string of the molecule is CC(CP(C12CC3CC(CC(C3)C1)C2)C12CC3CC(CC(C3)C1)C2)CS(=O)(=O)O. The van der Waals surface area contributed by atoms with E-state index in [0.29, 0.717) is 10.3 Å². The van der Waals surface area contributed by atoms with Crippen LogP contribution in [0.15, 0.2) is 0 Å². The van der Waals surface area contributed by atoms with Crippen LogP contribution in [0.1, 0.15) is 84.0 Å². The van der Waals surface area contributed by atoms with Crippen molar-refractivity contribution in [1.29, 1.82) is 0 Å². The third-order valence-corrected chi connectivity index (χ3v) is 15.5. The molecule has 0 aromatic rings. The van der Waals surface area contributed by atoms with E-state index in [1.807, 2.05) is 0 Å². The van der Waals surface area contributed by atoms with Gasteiger partial charge in [0.25, 0.3) is 10.1 Å². The standard InChI is InChI=1S/C24H39O3PS/c1-16(15-29(25,26)27)14-28(23-8-17-2-18(9-23)4-19(3-17)10-23)24-11-20-5-21(12-24)7-22(6-20)13-24/h16-22H,2-15H2,1H3,(H,25,26,27). The molecule has 3 nitrogen and oxygen atoms in total. The Balaban J connectivity index is 1.36. The van der Waals surface area contributed by atoms with Gasteiger partial charge in [0, 0.05) is 0 Å². The molecule has 0 amide bonds. The molecule has 8 saturated carbocycles. The van der Waals surface area contributed by atoms with Crippen LogP contribution in [0.4, 0.5) is 0 Å². The summed E-state index contributed by atoms with van der Waals surface area (Å²) in [7, 11) is -4.05. The minimum Gasteiger partial charge on any atom is -0.286 e. The molecule has 1 atom stereocenters. The van der Waals surface area contributed by atoms with E-state index >= 15 is 0 Å². The molecule has 0 aromatic carbocycles. The van der Waals surface area contributed by atoms with Crippen molar-refractivity contribution in [3.63, 3.8) is 0 Å². The Hall–Kier alpha value is 0.340. The van der Waals surface area contributed by atoms with Crippen LogP contribution in [-0.4, -0.2) is 35.2 Å². The van der Waals surface area contributed by atoms with Crippen LogP contribution in [0.2, 0.25) is 0 Å². The van der Waals surface area contributed by atoms with Crippen molar-refractivity contribution >= 4 is 18.0 Å². The summed E-state index contributed by atoms with van der Waals surface area (Å²) in [6.07, 6.45) is 18.8. The molecule has 0 spiro atoms. The average molecular weight is 439 g/mol. The molecule has 0 aliphatic heterocycles. The molecule has 164 valence electrons. The van der Waals surface area contributed by atoms with Crippen LogP contribution in [0, 0.1) is 41.4 Å². The zero-order chi connectivity index (χ0) is 20.0. The van der Waals surface area contributed by atoms with Gasteiger partial charge in [0.1, 0.15) is 0 Å². The Labute approximate surface area is 178 Å². The molecule has 0 radical (unpaired) electrons. The predicted octanol–water partition coefficient (Wildman–Crippen LogP) is 5.93. The van der Waals surface area contributed by atoms with Gasteiger partial charge < -0.3 is 0 Å². The maximum Gasteiger partial charge on any atom is 0.265 e. The van der Waals surface area contributed by atoms with Crippen LogP contribution in [0.25, 0.3) is 0 Å². The monoisotopic (exact) mass is 438 g/mol. The summed E-state index contributed by atoms with van der Waals surface area (Å²) >= 11 is 0. The van der Waals surface area contributed by atoms with Gasteiger partial charge in [-0.15, -0.1) is 0 Å². The lowest BCUT2D eigenvalue weighted by Crippen LogP contribution is -2.57. The van der Waals surface area contributed by atoms with E-state index in [2.05, 4.69) is 6.92 Å². The van der Waals surface area contributed by atoms with Gasteiger partial charge >= 0.3 is 0 Å². The van der Waals surface area contributed by atoms with Crippen molar-refractivity contribution in [2.24, 2.45) is 41.4 Å². The van der Waals surface area contributed by atoms with E-state index < -0.39 is 10.1 Å². The average Bonchev–Trinajstić information content (AvgIpc) is 2.55. The van der Waals surface area contributed by atoms with Gasteiger partial charge in [0.15, 0.2) is 0 Å². The van der Waals surface area contributed by atoms with Crippen LogP contribution in [0.3, 0.4) is 0 Å². The largest absolute Gasteiger partial charge is 0.286 e. The van der Waals surface area contributed by atoms with Crippen molar-refractivity contribution in [2.75, 3.05) is 11.9 Å². The summed E-state index contributed by atoms with van der Waals surface area (Å²) in [6, 6.07) is 0. The van der Waals surface area contributed by atoms with Crippen LogP contribution < -0.4 is 0 Å². The molecule has 8 fully saturated rings. The fourth-order valence-corrected chi connectivity index (χ4v) is 16.8. The summed E-state index contributed by atoms with van der Waals surface area (Å²) < 4.78 is 32.9. The smallest absolute Gasteiger partial charge is 0.265 e. The van der Waals surface area contributed by atoms with Gasteiger partial charge in [-0.3, -0.25) is 4.55 Å². The molecule has 8 aliphatic rings. The molecule has 29 heavy (non-hydrogen) atoms. The van der Waals surface area contributed by atoms with Gasteiger partial charge in [0.05, 0.1) is 5.75 Å². The zero-order valence-corrected chi connectivity index (χ0v) is 19.8. The molecule has 8 aliphatic carbocycles. The predicted molar refractivity (Wildman–Crippen MR) is 119 cm³/mol. The second kappa shape index (κ2) is 6.67. The third-order valence-electron chi connectivity index (χ3n) is 10.1. The number of hydrogen-bond acceptors (Lipinski definition) is 2. The first-order valence-electron chi connectivity index (χ1n) is 12.4. The first-order valence-corrected chi connectivity index (χ1v) is 15.6. The first-order chi connectivity index (χ1) is 13.7. The van der Waals surface area contributed by atoms with Crippen molar-refractivity contribution in [2.45, 2.75) is 94.3 Å². The maximum atomic E-state index is 11.7. The normalized spacial score (nSPS) is 52.1. The highest BCUT2D eigenvalue weighted by Gasteiger charge is 2.62. The second-order valence-corrected chi connectivity index (χ2v) is 17.4. The quantitative estimate of drug-likeness (QED) is 0.413. The Bertz CT molecular complexity index is 660. The van der Waals surface area contributed by atoms with Crippen LogP contribution in [0.5, 0.6) is 0 Å². The highest BCUT2D eigenvalue weighted by Crippen LogP contribution is 2.79. The molecular weight excluding hydrogens is 399 g/mol. The van der Waals surface area contributed by atoms with E-state index in [4.69, 9.17) is 0 Å². The Morgan fingerprint density at radius 2 is 1.07 bits per heavy atom. The molecule has 8 rings (SSSR count). The summed E-state index contributed by atoms with van der Waals surface area (Å²) in [5.41, 5.74) is 0. The van der Waals surface area contributed by atoms with Crippen molar-refractivity contribution < 1.29 is 13.0 Å². The zero-order valence-electron chi connectivity index (χ0n) is 18.1. The lowest BCUT2D eigenvalue weighted by molar-refractivity contribution is 0.0183. The summed E-state index contributed by atoms with van der Waals surface area (Å²) in [5.74, 6) is 5.90. The Morgan fingerprint density at radius 1 is 0.759 bits per heavy atom. The molecule has 0 aromatic heterocycles. The maximum absolute atomic E-state index is 11.7. The fraction of sp³-hybridized carbons (Fsp3) is 1.00. The summed E-state index contributed by atoms with van der Waals surface area (Å²) in [5, 5.41) is 1.12. The molecule has 1 N–H and O–H groups in total. The van der Waals surface area contributed by atoms with Crippen molar-refractivity contribution in [3.8, 4) is 0 Å². The first kappa shape index (κ1) is 20.0. The van der Waals surface area contributed by atoms with Gasteiger partial charge in [-0.25, -0.2) is 0 Å². The highest BCUT2D eigenvalue weighted by molar-refractivity contribution is 7.85. The van der Waals surface area contributed by atoms with Crippen molar-refractivity contribution in [1.82, 2.24) is 0 Å². The molecule has 0 saturated heterocycles. The van der Waals surface area contributed by atoms with Crippen molar-refractivity contribution in [3.05, 3.63) is 0 Å². The highest BCUT2D eigenvalue weighted by atomic mass is 32.2. The van der Waals surface area contributed by atoms with E-state index in [9.17, 15) is 13.0 Å². The molecule has 8 bridgehead atoms. The minimum atomic E-state index is -3.87. The van der Waals surface area contributed by atoms with Gasteiger partial charge in [-0.1, -0.05) is 14.8 Å². The van der Waals surface area contributed by atoms with E-state index in [-0.39, 0.29) is 19.6 Å². The second-order valence-electron chi connectivity index (χ2n) is 12.7. The summed E-state index contributed by atoms with van der Waals surface area (Å²) in [6.45, 7) is 2.12. The number of rotatable bonds is 6. The van der Waals surface area contributed by atoms with Gasteiger partial charge in [0.2, 0.25) is 0 Å². The fourth-order valence-electron chi connectivity index (χ4n) is 10.4. The third kappa shape index (κ3) is 3.46. The van der Waals surface area contributed by atoms with E-state index in [0.717, 1.165) is 41.7 Å². The molecular formula is C24H39O3PS. The lowest BCUT2D eigenvalue weighted by Gasteiger charge is -2.68. The van der Waals surface area contributed by atoms with Gasteiger partial charge in [-0.05, 0) is 135 Å². The van der Waals surface area contributed by atoms with E-state index in [1.165, 1.54) is 77.0 Å². The lowest BCUT2D eigenvalue weighted by atomic mass is 9.55. The van der Waals surface area contributed by atoms with Crippen LogP contribution >= 0.6 is 7.92 Å².